The summed E-state index contributed by atoms with van der Waals surface area (Å²) in [4.78, 5) is 6.81. The van der Waals surface area contributed by atoms with Crippen LogP contribution in [-0.4, -0.2) is 45.8 Å². The van der Waals surface area contributed by atoms with E-state index in [1.807, 2.05) is 18.5 Å². The van der Waals surface area contributed by atoms with E-state index in [9.17, 15) is 0 Å². The molecule has 2 aromatic carbocycles. The number of benzene rings is 2. The molecule has 0 aliphatic rings. The smallest absolute Gasteiger partial charge is 0.191 e. The van der Waals surface area contributed by atoms with Crippen molar-refractivity contribution in [3.63, 3.8) is 0 Å². The van der Waals surface area contributed by atoms with E-state index in [-0.39, 0.29) is 24.0 Å². The Bertz CT molecular complexity index is 900. The molecule has 32 heavy (non-hydrogen) atoms. The number of nitrogens with one attached hydrogen (secondary N) is 2. The third-order valence-electron chi connectivity index (χ3n) is 5.26. The second-order valence-electron chi connectivity index (χ2n) is 7.61. The molecule has 0 atom stereocenters. The fourth-order valence-corrected chi connectivity index (χ4v) is 3.40. The highest BCUT2D eigenvalue weighted by Crippen LogP contribution is 2.10. The van der Waals surface area contributed by atoms with Crippen molar-refractivity contribution < 1.29 is 0 Å². The highest BCUT2D eigenvalue weighted by Gasteiger charge is 2.08. The first-order valence-electron chi connectivity index (χ1n) is 10.8. The van der Waals surface area contributed by atoms with Gasteiger partial charge in [-0.1, -0.05) is 60.7 Å². The highest BCUT2D eigenvalue weighted by molar-refractivity contribution is 14.0. The number of hydrogen-bond donors (Lipinski definition) is 2. The average Bonchev–Trinajstić information content (AvgIpc) is 3.12. The van der Waals surface area contributed by atoms with Crippen molar-refractivity contribution in [3.8, 4) is 0 Å². The number of halogens is 1. The normalized spacial score (nSPS) is 11.3. The minimum absolute atomic E-state index is 0. The first-order valence-corrected chi connectivity index (χ1v) is 10.8. The largest absolute Gasteiger partial charge is 0.356 e. The molecule has 3 aromatic rings. The van der Waals surface area contributed by atoms with Crippen molar-refractivity contribution in [3.05, 3.63) is 83.4 Å². The number of aliphatic imine (C=N–C) groups is 1. The van der Waals surface area contributed by atoms with Gasteiger partial charge in [-0.25, -0.2) is 0 Å². The van der Waals surface area contributed by atoms with E-state index in [1.165, 1.54) is 11.1 Å². The molecule has 0 radical (unpaired) electrons. The lowest BCUT2D eigenvalue weighted by molar-refractivity contribution is 0.254. The van der Waals surface area contributed by atoms with Crippen LogP contribution in [0.5, 0.6) is 0 Å². The Morgan fingerprint density at radius 3 is 2.03 bits per heavy atom. The van der Waals surface area contributed by atoms with Crippen LogP contribution in [0.25, 0.3) is 0 Å². The van der Waals surface area contributed by atoms with Gasteiger partial charge in [0.2, 0.25) is 0 Å². The molecule has 7 nitrogen and oxygen atoms in total. The molecule has 0 saturated heterocycles. The molecule has 2 N–H and O–H groups in total. The summed E-state index contributed by atoms with van der Waals surface area (Å²) in [5.41, 5.74) is 2.67. The molecule has 0 saturated carbocycles. The van der Waals surface area contributed by atoms with Gasteiger partial charge in [0.15, 0.2) is 11.8 Å². The summed E-state index contributed by atoms with van der Waals surface area (Å²) in [5.74, 6) is 2.56. The summed E-state index contributed by atoms with van der Waals surface area (Å²) in [6.45, 7) is 6.25. The number of rotatable bonds is 10. The van der Waals surface area contributed by atoms with E-state index in [0.29, 0.717) is 6.54 Å². The molecule has 0 bridgehead atoms. The lowest BCUT2D eigenvalue weighted by Gasteiger charge is -2.23. The molecule has 1 heterocycles. The fraction of sp³-hybridized carbons (Fsp3) is 0.375. The summed E-state index contributed by atoms with van der Waals surface area (Å²) < 4.78 is 1.98. The Balaban J connectivity index is 0.00000363. The maximum absolute atomic E-state index is 4.32. The average molecular weight is 547 g/mol. The summed E-state index contributed by atoms with van der Waals surface area (Å²) in [6.07, 6.45) is 1.02. The van der Waals surface area contributed by atoms with Gasteiger partial charge in [-0.05, 0) is 24.5 Å². The van der Waals surface area contributed by atoms with Crippen LogP contribution < -0.4 is 10.6 Å². The van der Waals surface area contributed by atoms with Crippen LogP contribution in [-0.2, 0) is 26.7 Å². The summed E-state index contributed by atoms with van der Waals surface area (Å²) >= 11 is 0. The molecule has 0 aliphatic carbocycles. The Hall–Kier alpha value is -2.46. The Morgan fingerprint density at radius 2 is 1.53 bits per heavy atom. The molecular weight excluding hydrogens is 513 g/mol. The molecule has 0 unspecified atom stereocenters. The van der Waals surface area contributed by atoms with Gasteiger partial charge in [-0.3, -0.25) is 9.89 Å². The Labute approximate surface area is 208 Å². The molecule has 8 heteroatoms. The summed E-state index contributed by atoms with van der Waals surface area (Å²) in [5, 5.41) is 15.0. The van der Waals surface area contributed by atoms with E-state index in [0.717, 1.165) is 50.2 Å². The third-order valence-corrected chi connectivity index (χ3v) is 5.26. The molecule has 3 rings (SSSR count). The lowest BCUT2D eigenvalue weighted by atomic mass is 10.1. The van der Waals surface area contributed by atoms with E-state index in [2.05, 4.69) is 91.4 Å². The van der Waals surface area contributed by atoms with Crippen molar-refractivity contribution in [2.75, 3.05) is 20.1 Å². The Kier molecular flexibility index (Phi) is 11.2. The standard InChI is InChI=1S/C24H33N7.HI/c1-20-28-29-23(30(20)3)17-27-24(25-2)26-15-10-16-31(18-21-11-6-4-7-12-21)19-22-13-8-5-9-14-22;/h4-9,11-14H,10,15-19H2,1-3H3,(H2,25,26,27);1H. The quantitative estimate of drug-likeness (QED) is 0.176. The van der Waals surface area contributed by atoms with Gasteiger partial charge in [0.05, 0.1) is 6.54 Å². The first kappa shape index (κ1) is 25.8. The second kappa shape index (κ2) is 13.8. The van der Waals surface area contributed by atoms with E-state index in [4.69, 9.17) is 0 Å². The van der Waals surface area contributed by atoms with Gasteiger partial charge < -0.3 is 15.2 Å². The minimum Gasteiger partial charge on any atom is -0.356 e. The second-order valence-corrected chi connectivity index (χ2v) is 7.61. The zero-order valence-corrected chi connectivity index (χ0v) is 21.5. The number of hydrogen-bond acceptors (Lipinski definition) is 4. The minimum atomic E-state index is 0. The molecular formula is C24H34IN7. The zero-order valence-electron chi connectivity index (χ0n) is 19.2. The van der Waals surface area contributed by atoms with Crippen LogP contribution in [0.1, 0.15) is 29.2 Å². The van der Waals surface area contributed by atoms with Gasteiger partial charge in [0, 0.05) is 40.3 Å². The monoisotopic (exact) mass is 547 g/mol. The number of guanidine groups is 1. The van der Waals surface area contributed by atoms with Crippen molar-refractivity contribution >= 4 is 29.9 Å². The number of aromatic nitrogens is 3. The van der Waals surface area contributed by atoms with Gasteiger partial charge in [-0.15, -0.1) is 34.2 Å². The molecule has 0 fully saturated rings. The third kappa shape index (κ3) is 8.23. The first-order chi connectivity index (χ1) is 15.2. The van der Waals surface area contributed by atoms with Crippen LogP contribution in [0.2, 0.25) is 0 Å². The van der Waals surface area contributed by atoms with E-state index in [1.54, 1.807) is 7.05 Å². The number of nitrogens with zero attached hydrogens (tertiary/aromatic N) is 5. The lowest BCUT2D eigenvalue weighted by Crippen LogP contribution is -2.38. The van der Waals surface area contributed by atoms with Gasteiger partial charge in [0.1, 0.15) is 5.82 Å². The van der Waals surface area contributed by atoms with Crippen LogP contribution in [0.3, 0.4) is 0 Å². The van der Waals surface area contributed by atoms with Crippen molar-refractivity contribution in [2.24, 2.45) is 12.0 Å². The predicted molar refractivity (Wildman–Crippen MR) is 141 cm³/mol. The Morgan fingerprint density at radius 1 is 0.938 bits per heavy atom. The number of aryl methyl sites for hydroxylation is 1. The predicted octanol–water partition coefficient (Wildman–Crippen LogP) is 3.50. The topological polar surface area (TPSA) is 70.4 Å². The van der Waals surface area contributed by atoms with Crippen LogP contribution >= 0.6 is 24.0 Å². The van der Waals surface area contributed by atoms with Crippen molar-refractivity contribution in [2.45, 2.75) is 33.0 Å². The highest BCUT2D eigenvalue weighted by atomic mass is 127. The van der Waals surface area contributed by atoms with Crippen molar-refractivity contribution in [1.82, 2.24) is 30.3 Å². The van der Waals surface area contributed by atoms with Gasteiger partial charge in [-0.2, -0.15) is 0 Å². The van der Waals surface area contributed by atoms with Gasteiger partial charge >= 0.3 is 0 Å². The van der Waals surface area contributed by atoms with Crippen LogP contribution in [0.15, 0.2) is 65.7 Å². The molecule has 172 valence electrons. The summed E-state index contributed by atoms with van der Waals surface area (Å²) in [6, 6.07) is 21.3. The molecule has 0 amide bonds. The molecule has 0 spiro atoms. The van der Waals surface area contributed by atoms with E-state index >= 15 is 0 Å². The van der Waals surface area contributed by atoms with Crippen LogP contribution in [0, 0.1) is 6.92 Å². The maximum atomic E-state index is 4.32. The van der Waals surface area contributed by atoms with Gasteiger partial charge in [0.25, 0.3) is 0 Å². The SMILES string of the molecule is CN=C(NCCCN(Cc1ccccc1)Cc1ccccc1)NCc1nnc(C)n1C.I. The molecule has 1 aromatic heterocycles. The summed E-state index contributed by atoms with van der Waals surface area (Å²) in [7, 11) is 3.75. The van der Waals surface area contributed by atoms with Crippen molar-refractivity contribution in [1.29, 1.82) is 0 Å². The van der Waals surface area contributed by atoms with Crippen LogP contribution in [0.4, 0.5) is 0 Å². The zero-order chi connectivity index (χ0) is 21.9. The molecule has 0 aliphatic heterocycles. The fourth-order valence-electron chi connectivity index (χ4n) is 3.40. The van der Waals surface area contributed by atoms with E-state index < -0.39 is 0 Å². The maximum Gasteiger partial charge on any atom is 0.191 e.